The number of methoxy groups -OCH3 is 1. The van der Waals surface area contributed by atoms with E-state index in [0.29, 0.717) is 22.7 Å². The molecule has 0 aliphatic carbocycles. The Kier molecular flexibility index (Phi) is 6.56. The second kappa shape index (κ2) is 9.56. The number of carbonyl (C=O) groups excluding carboxylic acids is 2. The van der Waals surface area contributed by atoms with Crippen LogP contribution in [-0.4, -0.2) is 40.1 Å². The van der Waals surface area contributed by atoms with Crippen molar-refractivity contribution in [3.05, 3.63) is 89.5 Å². The number of esters is 1. The van der Waals surface area contributed by atoms with Gasteiger partial charge >= 0.3 is 5.97 Å². The molecule has 0 saturated heterocycles. The molecule has 0 spiro atoms. The molecule has 0 fully saturated rings. The Morgan fingerprint density at radius 2 is 1.76 bits per heavy atom. The lowest BCUT2D eigenvalue weighted by atomic mass is 10.1. The average molecular weight is 481 g/mol. The van der Waals surface area contributed by atoms with Crippen LogP contribution in [-0.2, 0) is 25.3 Å². The lowest BCUT2D eigenvalue weighted by Gasteiger charge is -2.34. The van der Waals surface area contributed by atoms with Gasteiger partial charge in [-0.15, -0.1) is 0 Å². The molecular weight excluding hydrogens is 456 g/mol. The van der Waals surface area contributed by atoms with Crippen molar-refractivity contribution < 1.29 is 27.5 Å². The van der Waals surface area contributed by atoms with Crippen molar-refractivity contribution >= 4 is 33.3 Å². The molecule has 1 aliphatic heterocycles. The molecule has 4 rings (SSSR count). The van der Waals surface area contributed by atoms with Crippen molar-refractivity contribution in [3.8, 4) is 5.75 Å². The summed E-state index contributed by atoms with van der Waals surface area (Å²) in [7, 11) is -2.53. The van der Waals surface area contributed by atoms with Gasteiger partial charge in [-0.3, -0.25) is 9.10 Å². The summed E-state index contributed by atoms with van der Waals surface area (Å²) in [5.41, 5.74) is 2.44. The van der Waals surface area contributed by atoms with Crippen LogP contribution in [0, 0.1) is 6.92 Å². The lowest BCUT2D eigenvalue weighted by Crippen LogP contribution is -2.49. The number of fused-ring (bicyclic) bond motifs is 1. The van der Waals surface area contributed by atoms with Crippen LogP contribution in [0.4, 0.5) is 11.4 Å². The molecule has 0 saturated carbocycles. The molecule has 1 N–H and O–H groups in total. The number of benzene rings is 3. The van der Waals surface area contributed by atoms with E-state index in [1.807, 2.05) is 6.07 Å². The third-order valence-electron chi connectivity index (χ3n) is 5.47. The summed E-state index contributed by atoms with van der Waals surface area (Å²) in [4.78, 5) is 25.0. The maximum absolute atomic E-state index is 13.3. The molecule has 176 valence electrons. The molecule has 1 atom stereocenters. The Hall–Kier alpha value is -3.85. The van der Waals surface area contributed by atoms with Gasteiger partial charge in [0, 0.05) is 5.69 Å². The molecule has 0 aromatic heterocycles. The monoisotopic (exact) mass is 480 g/mol. The van der Waals surface area contributed by atoms with Crippen LogP contribution < -0.4 is 14.4 Å². The van der Waals surface area contributed by atoms with Gasteiger partial charge in [-0.1, -0.05) is 48.5 Å². The lowest BCUT2D eigenvalue weighted by molar-refractivity contribution is -0.122. The largest absolute Gasteiger partial charge is 0.476 e. The number of amides is 1. The third kappa shape index (κ3) is 4.89. The first-order valence-electron chi connectivity index (χ1n) is 10.6. The van der Waals surface area contributed by atoms with Gasteiger partial charge < -0.3 is 14.8 Å². The van der Waals surface area contributed by atoms with Crippen LogP contribution in [0.2, 0.25) is 0 Å². The summed E-state index contributed by atoms with van der Waals surface area (Å²) in [5.74, 6) is -0.974. The zero-order valence-corrected chi connectivity index (χ0v) is 19.5. The number of aryl methyl sites for hydroxylation is 1. The Balaban J connectivity index is 1.61. The molecule has 1 amide bonds. The van der Waals surface area contributed by atoms with E-state index in [1.165, 1.54) is 17.5 Å². The smallest absolute Gasteiger partial charge is 0.337 e. The average Bonchev–Trinajstić information content (AvgIpc) is 2.84. The van der Waals surface area contributed by atoms with E-state index in [9.17, 15) is 18.0 Å². The van der Waals surface area contributed by atoms with Gasteiger partial charge in [-0.2, -0.15) is 0 Å². The number of ether oxygens (including phenoxy) is 2. The number of anilines is 2. The summed E-state index contributed by atoms with van der Waals surface area (Å²) < 4.78 is 38.5. The first kappa shape index (κ1) is 23.3. The van der Waals surface area contributed by atoms with Gasteiger partial charge in [0.25, 0.3) is 5.91 Å². The number of hydrogen-bond donors (Lipinski definition) is 1. The van der Waals surface area contributed by atoms with Crippen molar-refractivity contribution in [3.63, 3.8) is 0 Å². The molecule has 1 aliphatic rings. The molecular formula is C25H24N2O6S. The van der Waals surface area contributed by atoms with Crippen molar-refractivity contribution in [2.45, 2.75) is 18.8 Å². The van der Waals surface area contributed by atoms with Gasteiger partial charge in [0.1, 0.15) is 5.75 Å². The number of rotatable bonds is 6. The van der Waals surface area contributed by atoms with Gasteiger partial charge in [0.15, 0.2) is 6.10 Å². The highest BCUT2D eigenvalue weighted by atomic mass is 32.2. The van der Waals surface area contributed by atoms with Crippen molar-refractivity contribution in [1.82, 2.24) is 0 Å². The SMILES string of the molecule is COC(=O)c1ccc(C)c(NC(=O)C2CN(S(=O)(=O)Cc3ccccc3)c3ccccc3O2)c1. The minimum Gasteiger partial charge on any atom is -0.476 e. The summed E-state index contributed by atoms with van der Waals surface area (Å²) in [6, 6.07) is 20.4. The topological polar surface area (TPSA) is 102 Å². The number of para-hydroxylation sites is 2. The summed E-state index contributed by atoms with van der Waals surface area (Å²) in [6.07, 6.45) is -1.10. The van der Waals surface area contributed by atoms with Gasteiger partial charge in [0.05, 0.1) is 30.7 Å². The Morgan fingerprint density at radius 1 is 1.06 bits per heavy atom. The van der Waals surface area contributed by atoms with Gasteiger partial charge in [0.2, 0.25) is 10.0 Å². The van der Waals surface area contributed by atoms with E-state index in [2.05, 4.69) is 5.32 Å². The minimum absolute atomic E-state index is 0.187. The van der Waals surface area contributed by atoms with Gasteiger partial charge in [-0.05, 0) is 42.3 Å². The van der Waals surface area contributed by atoms with E-state index in [0.717, 1.165) is 5.56 Å². The highest BCUT2D eigenvalue weighted by Crippen LogP contribution is 2.36. The Bertz CT molecular complexity index is 1320. The molecule has 3 aromatic rings. The Morgan fingerprint density at radius 3 is 2.50 bits per heavy atom. The molecule has 1 heterocycles. The third-order valence-corrected chi connectivity index (χ3v) is 7.19. The molecule has 3 aromatic carbocycles. The fraction of sp³-hybridized carbons (Fsp3) is 0.200. The fourth-order valence-electron chi connectivity index (χ4n) is 3.68. The highest BCUT2D eigenvalue weighted by Gasteiger charge is 2.36. The summed E-state index contributed by atoms with van der Waals surface area (Å²) >= 11 is 0. The van der Waals surface area contributed by atoms with E-state index in [4.69, 9.17) is 9.47 Å². The number of hydrogen-bond acceptors (Lipinski definition) is 6. The Labute approximate surface area is 198 Å². The second-order valence-corrected chi connectivity index (χ2v) is 9.75. The van der Waals surface area contributed by atoms with E-state index in [1.54, 1.807) is 67.6 Å². The predicted octanol–water partition coefficient (Wildman–Crippen LogP) is 3.52. The maximum atomic E-state index is 13.3. The minimum atomic E-state index is -3.81. The van der Waals surface area contributed by atoms with Crippen LogP contribution in [0.25, 0.3) is 0 Å². The van der Waals surface area contributed by atoms with Crippen LogP contribution in [0.3, 0.4) is 0 Å². The van der Waals surface area contributed by atoms with Crippen LogP contribution in [0.5, 0.6) is 5.75 Å². The van der Waals surface area contributed by atoms with Crippen molar-refractivity contribution in [2.24, 2.45) is 0 Å². The highest BCUT2D eigenvalue weighted by molar-refractivity contribution is 7.92. The van der Waals surface area contributed by atoms with Crippen LogP contribution in [0.15, 0.2) is 72.8 Å². The van der Waals surface area contributed by atoms with Crippen LogP contribution in [0.1, 0.15) is 21.5 Å². The number of carbonyl (C=O) groups is 2. The summed E-state index contributed by atoms with van der Waals surface area (Å²) in [5, 5.41) is 2.76. The molecule has 1 unspecified atom stereocenters. The molecule has 8 nitrogen and oxygen atoms in total. The zero-order chi connectivity index (χ0) is 24.3. The van der Waals surface area contributed by atoms with E-state index < -0.39 is 28.0 Å². The van der Waals surface area contributed by atoms with Gasteiger partial charge in [-0.25, -0.2) is 13.2 Å². The first-order chi connectivity index (χ1) is 16.3. The maximum Gasteiger partial charge on any atom is 0.337 e. The number of nitrogens with one attached hydrogen (secondary N) is 1. The molecule has 9 heteroatoms. The molecule has 0 bridgehead atoms. The predicted molar refractivity (Wildman–Crippen MR) is 128 cm³/mol. The van der Waals surface area contributed by atoms with E-state index in [-0.39, 0.29) is 17.9 Å². The fourth-order valence-corrected chi connectivity index (χ4v) is 5.26. The summed E-state index contributed by atoms with van der Waals surface area (Å²) in [6.45, 7) is 1.60. The van der Waals surface area contributed by atoms with Crippen molar-refractivity contribution in [2.75, 3.05) is 23.3 Å². The molecule has 0 radical (unpaired) electrons. The quantitative estimate of drug-likeness (QED) is 0.542. The standard InChI is InChI=1S/C25H24N2O6S/c1-17-12-13-19(25(29)32-2)14-20(17)26-24(28)23-15-27(21-10-6-7-11-22(21)33-23)34(30,31)16-18-8-4-3-5-9-18/h3-14,23H,15-16H2,1-2H3,(H,26,28). The normalized spacial score (nSPS) is 15.1. The number of nitrogens with zero attached hydrogens (tertiary/aromatic N) is 1. The number of sulfonamides is 1. The first-order valence-corrected chi connectivity index (χ1v) is 12.2. The zero-order valence-electron chi connectivity index (χ0n) is 18.7. The second-order valence-electron chi connectivity index (χ2n) is 7.86. The van der Waals surface area contributed by atoms with Crippen molar-refractivity contribution in [1.29, 1.82) is 0 Å². The van der Waals surface area contributed by atoms with Crippen LogP contribution >= 0.6 is 0 Å². The van der Waals surface area contributed by atoms with E-state index >= 15 is 0 Å². The molecule has 34 heavy (non-hydrogen) atoms.